The highest BCUT2D eigenvalue weighted by molar-refractivity contribution is 7.86. The molecule has 214 valence electrons. The van der Waals surface area contributed by atoms with E-state index in [9.17, 15) is 8.42 Å². The van der Waals surface area contributed by atoms with E-state index in [1.165, 1.54) is 57.8 Å². The zero-order valence-corrected chi connectivity index (χ0v) is 24.8. The van der Waals surface area contributed by atoms with Crippen LogP contribution in [0.4, 0.5) is 0 Å². The molecule has 0 spiro atoms. The molecule has 0 aromatic heterocycles. The zero-order chi connectivity index (χ0) is 28.4. The van der Waals surface area contributed by atoms with Crippen molar-refractivity contribution in [1.29, 1.82) is 0 Å². The van der Waals surface area contributed by atoms with Gasteiger partial charge in [0.2, 0.25) is 0 Å². The van der Waals surface area contributed by atoms with Crippen LogP contribution in [-0.2, 0) is 20.8 Å². The highest BCUT2D eigenvalue weighted by Crippen LogP contribution is 2.43. The fraction of sp³-hybridized carbons (Fsp3) is 0.424. The van der Waals surface area contributed by atoms with Crippen molar-refractivity contribution >= 4 is 15.8 Å². The van der Waals surface area contributed by atoms with E-state index >= 15 is 0 Å². The Labute approximate surface area is 239 Å². The summed E-state index contributed by atoms with van der Waals surface area (Å²) in [5.74, 6) is 1.28. The molecular weight excluding hydrogens is 522 g/mol. The molecule has 0 N–H and O–H groups in total. The third-order valence-corrected chi connectivity index (χ3v) is 8.63. The van der Waals surface area contributed by atoms with E-state index in [4.69, 9.17) is 13.8 Å². The third-order valence-electron chi connectivity index (χ3n) is 7.51. The molecule has 0 unspecified atom stereocenters. The molecule has 1 aliphatic carbocycles. The molecule has 6 nitrogen and oxygen atoms in total. The largest absolute Gasteiger partial charge is 0.497 e. The quantitative estimate of drug-likeness (QED) is 0.101. The minimum Gasteiger partial charge on any atom is -0.497 e. The fourth-order valence-corrected chi connectivity index (χ4v) is 5.98. The molecule has 0 saturated carbocycles. The Kier molecular flexibility index (Phi) is 10.6. The molecule has 0 heterocycles. The van der Waals surface area contributed by atoms with Gasteiger partial charge in [-0.05, 0) is 65.9 Å². The predicted molar refractivity (Wildman–Crippen MR) is 161 cm³/mol. The van der Waals surface area contributed by atoms with Crippen LogP contribution in [0, 0.1) is 0 Å². The van der Waals surface area contributed by atoms with Gasteiger partial charge in [0.05, 0.1) is 19.8 Å². The van der Waals surface area contributed by atoms with Gasteiger partial charge < -0.3 is 9.47 Å². The number of benzene rings is 3. The van der Waals surface area contributed by atoms with Gasteiger partial charge in [0.25, 0.3) is 0 Å². The number of methoxy groups -OCH3 is 2. The van der Waals surface area contributed by atoms with E-state index in [-0.39, 0.29) is 4.90 Å². The zero-order valence-electron chi connectivity index (χ0n) is 23.9. The van der Waals surface area contributed by atoms with Crippen molar-refractivity contribution in [2.24, 2.45) is 5.16 Å². The van der Waals surface area contributed by atoms with E-state index in [0.29, 0.717) is 22.8 Å². The lowest BCUT2D eigenvalue weighted by atomic mass is 10.0. The van der Waals surface area contributed by atoms with Crippen LogP contribution in [0.25, 0.3) is 11.1 Å². The second-order valence-corrected chi connectivity index (χ2v) is 11.9. The Hall–Kier alpha value is -3.32. The number of ether oxygens (including phenoxy) is 2. The summed E-state index contributed by atoms with van der Waals surface area (Å²) >= 11 is 0. The molecule has 0 atom stereocenters. The lowest BCUT2D eigenvalue weighted by molar-refractivity contribution is 0.339. The molecule has 40 heavy (non-hydrogen) atoms. The van der Waals surface area contributed by atoms with E-state index in [1.807, 2.05) is 48.5 Å². The summed E-state index contributed by atoms with van der Waals surface area (Å²) in [6.07, 6.45) is 13.9. The second-order valence-electron chi connectivity index (χ2n) is 10.3. The van der Waals surface area contributed by atoms with Gasteiger partial charge >= 0.3 is 10.1 Å². The predicted octanol–water partition coefficient (Wildman–Crippen LogP) is 8.31. The molecule has 3 aromatic rings. The Morgan fingerprint density at radius 3 is 2.02 bits per heavy atom. The molecular formula is C33H41NO5S. The van der Waals surface area contributed by atoms with Crippen LogP contribution in [0.3, 0.4) is 0 Å². The van der Waals surface area contributed by atoms with Gasteiger partial charge in [0.1, 0.15) is 22.1 Å². The number of hydrogen-bond donors (Lipinski definition) is 0. The summed E-state index contributed by atoms with van der Waals surface area (Å²) < 4.78 is 42.3. The standard InChI is InChI=1S/C33H41NO5S/c1-4-5-6-7-8-9-10-11-12-13-15-25-18-21-27(22-19-25)40(35,36)39-34-33-29-23-20-26(37-2)24-30(29)28-16-14-17-31(38-3)32(28)33/h14,16-24H,4-13,15H2,1-3H3/b34-33-. The minimum atomic E-state index is -4.10. The normalized spacial score (nSPS) is 13.2. The van der Waals surface area contributed by atoms with Crippen LogP contribution in [0.1, 0.15) is 87.8 Å². The van der Waals surface area contributed by atoms with Gasteiger partial charge in [-0.25, -0.2) is 0 Å². The number of rotatable bonds is 16. The van der Waals surface area contributed by atoms with Gasteiger partial charge in [-0.15, -0.1) is 0 Å². The van der Waals surface area contributed by atoms with E-state index < -0.39 is 10.1 Å². The van der Waals surface area contributed by atoms with Crippen molar-refractivity contribution in [3.05, 3.63) is 77.4 Å². The van der Waals surface area contributed by atoms with E-state index in [0.717, 1.165) is 35.1 Å². The number of unbranched alkanes of at least 4 members (excludes halogenated alkanes) is 9. The minimum absolute atomic E-state index is 0.0804. The first kappa shape index (κ1) is 29.7. The Bertz CT molecular complexity index is 1400. The number of aryl methyl sites for hydroxylation is 1. The maximum Gasteiger partial charge on any atom is 0.358 e. The summed E-state index contributed by atoms with van der Waals surface area (Å²) in [7, 11) is -0.917. The molecule has 0 amide bonds. The number of oxime groups is 1. The maximum absolute atomic E-state index is 13.0. The number of fused-ring (bicyclic) bond motifs is 3. The smallest absolute Gasteiger partial charge is 0.358 e. The van der Waals surface area contributed by atoms with Gasteiger partial charge in [0, 0.05) is 5.56 Å². The second kappa shape index (κ2) is 14.4. The number of hydrogen-bond acceptors (Lipinski definition) is 6. The first-order valence-electron chi connectivity index (χ1n) is 14.4. The summed E-state index contributed by atoms with van der Waals surface area (Å²) in [5.41, 5.74) is 4.74. The highest BCUT2D eigenvalue weighted by atomic mass is 32.2. The van der Waals surface area contributed by atoms with Crippen molar-refractivity contribution in [2.45, 2.75) is 82.4 Å². The van der Waals surface area contributed by atoms with Crippen molar-refractivity contribution in [3.63, 3.8) is 0 Å². The highest BCUT2D eigenvalue weighted by Gasteiger charge is 2.30. The van der Waals surface area contributed by atoms with Crippen LogP contribution >= 0.6 is 0 Å². The van der Waals surface area contributed by atoms with Gasteiger partial charge in [-0.1, -0.05) is 94.1 Å². The van der Waals surface area contributed by atoms with E-state index in [1.54, 1.807) is 26.4 Å². The van der Waals surface area contributed by atoms with Crippen LogP contribution < -0.4 is 9.47 Å². The van der Waals surface area contributed by atoms with Crippen LogP contribution in [0.2, 0.25) is 0 Å². The van der Waals surface area contributed by atoms with Crippen LogP contribution in [-0.4, -0.2) is 28.3 Å². The molecule has 7 heteroatoms. The molecule has 1 aliphatic rings. The topological polar surface area (TPSA) is 74.2 Å². The molecule has 0 aliphatic heterocycles. The summed E-state index contributed by atoms with van der Waals surface area (Å²) in [6.45, 7) is 2.25. The molecule has 0 saturated heterocycles. The van der Waals surface area contributed by atoms with E-state index in [2.05, 4.69) is 12.1 Å². The summed E-state index contributed by atoms with van der Waals surface area (Å²) in [4.78, 5) is 0.0804. The average Bonchev–Trinajstić information content (AvgIpc) is 3.30. The first-order valence-corrected chi connectivity index (χ1v) is 15.9. The van der Waals surface area contributed by atoms with Crippen molar-refractivity contribution in [3.8, 4) is 22.6 Å². The molecule has 0 fully saturated rings. The van der Waals surface area contributed by atoms with Gasteiger partial charge in [-0.3, -0.25) is 4.28 Å². The molecule has 0 bridgehead atoms. The van der Waals surface area contributed by atoms with Crippen LogP contribution in [0.15, 0.2) is 70.7 Å². The number of nitrogens with zero attached hydrogens (tertiary/aromatic N) is 1. The van der Waals surface area contributed by atoms with Gasteiger partial charge in [-0.2, -0.15) is 8.42 Å². The monoisotopic (exact) mass is 563 g/mol. The van der Waals surface area contributed by atoms with Crippen molar-refractivity contribution in [2.75, 3.05) is 14.2 Å². The lowest BCUT2D eigenvalue weighted by Gasteiger charge is -2.08. The Morgan fingerprint density at radius 2 is 1.38 bits per heavy atom. The first-order chi connectivity index (χ1) is 19.5. The molecule has 4 rings (SSSR count). The van der Waals surface area contributed by atoms with Crippen molar-refractivity contribution in [1.82, 2.24) is 0 Å². The van der Waals surface area contributed by atoms with Crippen LogP contribution in [0.5, 0.6) is 11.5 Å². The molecule has 0 radical (unpaired) electrons. The average molecular weight is 564 g/mol. The summed E-state index contributed by atoms with van der Waals surface area (Å²) in [6, 6.07) is 18.2. The SMILES string of the molecule is CCCCCCCCCCCCc1ccc(S(=O)(=O)O/N=C2/c3ccc(OC)cc3-c3cccc(OC)c32)cc1. The maximum atomic E-state index is 13.0. The third kappa shape index (κ3) is 7.25. The molecule has 3 aromatic carbocycles. The van der Waals surface area contributed by atoms with Gasteiger partial charge in [0.15, 0.2) is 0 Å². The van der Waals surface area contributed by atoms with Crippen molar-refractivity contribution < 1.29 is 22.2 Å². The lowest BCUT2D eigenvalue weighted by Crippen LogP contribution is -2.07. The Morgan fingerprint density at radius 1 is 0.700 bits per heavy atom. The Balaban J connectivity index is 1.37. The summed E-state index contributed by atoms with van der Waals surface area (Å²) in [5, 5.41) is 4.15. The fourth-order valence-electron chi connectivity index (χ4n) is 5.25.